The molecule has 1 heterocycles. The van der Waals surface area contributed by atoms with E-state index in [0.717, 1.165) is 11.8 Å². The Morgan fingerprint density at radius 2 is 0.966 bits per heavy atom. The fourth-order valence-electron chi connectivity index (χ4n) is 13.8. The largest absolute Gasteiger partial charge is 0.310 e. The quantitative estimate of drug-likeness (QED) is 0.162. The van der Waals surface area contributed by atoms with Gasteiger partial charge in [0.1, 0.15) is 0 Å². The fourth-order valence-corrected chi connectivity index (χ4v) is 13.8. The molecule has 0 N–H and O–H groups in total. The molecule has 0 amide bonds. The van der Waals surface area contributed by atoms with Gasteiger partial charge in [-0.15, -0.1) is 0 Å². The molecule has 9 aromatic carbocycles. The van der Waals surface area contributed by atoms with Crippen molar-refractivity contribution in [3.8, 4) is 16.8 Å². The fraction of sp³-hybridized carbons (Fsp3) is 0.158. The summed E-state index contributed by atoms with van der Waals surface area (Å²) in [6.07, 6.45) is 5.36. The molecule has 5 aliphatic rings. The van der Waals surface area contributed by atoms with E-state index in [1.165, 1.54) is 114 Å². The van der Waals surface area contributed by atoms with Gasteiger partial charge in [-0.05, 0) is 141 Å². The van der Waals surface area contributed by atoms with Crippen LogP contribution in [0.25, 0.3) is 70.9 Å². The highest BCUT2D eigenvalue weighted by molar-refractivity contribution is 6.29. The van der Waals surface area contributed by atoms with E-state index in [1.807, 2.05) is 0 Å². The molecule has 280 valence electrons. The molecule has 0 saturated heterocycles. The molecule has 59 heavy (non-hydrogen) atoms. The third kappa shape index (κ3) is 4.07. The molecule has 0 aliphatic heterocycles. The highest BCUT2D eigenvalue weighted by atomic mass is 15.2. The van der Waals surface area contributed by atoms with Gasteiger partial charge in [-0.3, -0.25) is 0 Å². The highest BCUT2D eigenvalue weighted by Gasteiger charge is 2.67. The molecular weight excluding hydrogens is 713 g/mol. The minimum atomic E-state index is -0.103. The molecule has 10 aromatic rings. The lowest BCUT2D eigenvalue weighted by atomic mass is 9.58. The second-order valence-corrected chi connectivity index (χ2v) is 18.0. The van der Waals surface area contributed by atoms with Crippen LogP contribution < -0.4 is 4.90 Å². The van der Waals surface area contributed by atoms with E-state index >= 15 is 0 Å². The first-order valence-corrected chi connectivity index (χ1v) is 21.7. The van der Waals surface area contributed by atoms with Crippen molar-refractivity contribution in [2.75, 3.05) is 4.90 Å². The van der Waals surface area contributed by atoms with Gasteiger partial charge in [0.25, 0.3) is 0 Å². The van der Waals surface area contributed by atoms with Crippen molar-refractivity contribution >= 4 is 71.2 Å². The Morgan fingerprint density at radius 1 is 0.424 bits per heavy atom. The lowest BCUT2D eigenvalue weighted by Crippen LogP contribution is -2.42. The molecule has 2 heteroatoms. The maximum atomic E-state index is 2.66. The van der Waals surface area contributed by atoms with Crippen molar-refractivity contribution < 1.29 is 0 Å². The lowest BCUT2D eigenvalue weighted by Gasteiger charge is -2.46. The van der Waals surface area contributed by atoms with Gasteiger partial charge in [-0.1, -0.05) is 140 Å². The summed E-state index contributed by atoms with van der Waals surface area (Å²) in [5, 5.41) is 10.5. The molecule has 4 saturated carbocycles. The molecule has 4 fully saturated rings. The molecule has 4 bridgehead atoms. The van der Waals surface area contributed by atoms with Gasteiger partial charge in [-0.25, -0.2) is 0 Å². The van der Waals surface area contributed by atoms with Crippen LogP contribution in [0.1, 0.15) is 36.8 Å². The van der Waals surface area contributed by atoms with Crippen LogP contribution in [-0.4, -0.2) is 4.57 Å². The van der Waals surface area contributed by atoms with Crippen molar-refractivity contribution in [1.29, 1.82) is 0 Å². The minimum Gasteiger partial charge on any atom is -0.310 e. The van der Waals surface area contributed by atoms with E-state index in [-0.39, 0.29) is 5.41 Å². The lowest BCUT2D eigenvalue weighted by molar-refractivity contribution is 0.191. The average Bonchev–Trinajstić information content (AvgIpc) is 3.96. The van der Waals surface area contributed by atoms with Gasteiger partial charge >= 0.3 is 0 Å². The van der Waals surface area contributed by atoms with Crippen LogP contribution >= 0.6 is 0 Å². The second kappa shape index (κ2) is 11.7. The van der Waals surface area contributed by atoms with Crippen LogP contribution in [0.3, 0.4) is 0 Å². The van der Waals surface area contributed by atoms with Gasteiger partial charge in [-0.2, -0.15) is 0 Å². The summed E-state index contributed by atoms with van der Waals surface area (Å²) >= 11 is 0. The number of hydrogen-bond donors (Lipinski definition) is 0. The average molecular weight is 755 g/mol. The first-order chi connectivity index (χ1) is 29.3. The van der Waals surface area contributed by atoms with E-state index in [9.17, 15) is 0 Å². The van der Waals surface area contributed by atoms with Gasteiger partial charge in [0, 0.05) is 27.3 Å². The van der Waals surface area contributed by atoms with Gasteiger partial charge in [0.05, 0.1) is 28.1 Å². The first kappa shape index (κ1) is 32.3. The predicted octanol–water partition coefficient (Wildman–Crippen LogP) is 15.0. The maximum absolute atomic E-state index is 2.66. The molecule has 0 radical (unpaired) electrons. The summed E-state index contributed by atoms with van der Waals surface area (Å²) in [6.45, 7) is 0. The molecule has 5 aliphatic carbocycles. The van der Waals surface area contributed by atoms with E-state index in [0.29, 0.717) is 11.8 Å². The predicted molar refractivity (Wildman–Crippen MR) is 247 cm³/mol. The number of benzene rings is 9. The molecule has 2 nitrogen and oxygen atoms in total. The normalized spacial score (nSPS) is 22.4. The summed E-state index contributed by atoms with van der Waals surface area (Å²) in [5.74, 6) is 2.80. The second-order valence-electron chi connectivity index (χ2n) is 18.0. The Hall–Kier alpha value is -6.64. The van der Waals surface area contributed by atoms with Gasteiger partial charge < -0.3 is 9.47 Å². The zero-order valence-corrected chi connectivity index (χ0v) is 32.9. The zero-order valence-electron chi connectivity index (χ0n) is 32.9. The number of anilines is 3. The van der Waals surface area contributed by atoms with Crippen molar-refractivity contribution in [3.63, 3.8) is 0 Å². The maximum Gasteiger partial charge on any atom is 0.0546 e. The zero-order chi connectivity index (χ0) is 38.4. The van der Waals surface area contributed by atoms with Crippen molar-refractivity contribution in [3.05, 3.63) is 193 Å². The molecule has 5 atom stereocenters. The van der Waals surface area contributed by atoms with Crippen LogP contribution in [0, 0.1) is 23.7 Å². The van der Waals surface area contributed by atoms with Crippen LogP contribution in [0.15, 0.2) is 182 Å². The number of fused-ring (bicyclic) bond motifs is 12. The van der Waals surface area contributed by atoms with Gasteiger partial charge in [0.2, 0.25) is 0 Å². The molecule has 15 rings (SSSR count). The smallest absolute Gasteiger partial charge is 0.0546 e. The first-order valence-electron chi connectivity index (χ1n) is 21.7. The molecule has 1 spiro atoms. The van der Waals surface area contributed by atoms with Crippen LogP contribution in [0.5, 0.6) is 0 Å². The monoisotopic (exact) mass is 754 g/mol. The van der Waals surface area contributed by atoms with E-state index in [4.69, 9.17) is 0 Å². The topological polar surface area (TPSA) is 8.17 Å². The Bertz CT molecular complexity index is 3290. The molecule has 5 unspecified atom stereocenters. The van der Waals surface area contributed by atoms with Crippen LogP contribution in [0.4, 0.5) is 17.1 Å². The van der Waals surface area contributed by atoms with Crippen LogP contribution in [-0.2, 0) is 5.41 Å². The number of rotatable bonds is 4. The third-order valence-electron chi connectivity index (χ3n) is 15.5. The number of nitrogens with zero attached hydrogens (tertiary/aromatic N) is 2. The number of aromatic nitrogens is 1. The Labute approximate surface area is 344 Å². The highest BCUT2D eigenvalue weighted by Crippen LogP contribution is 2.75. The third-order valence-corrected chi connectivity index (χ3v) is 15.5. The summed E-state index contributed by atoms with van der Waals surface area (Å²) in [6, 6.07) is 69.0. The number of para-hydroxylation sites is 3. The minimum absolute atomic E-state index is 0.103. The van der Waals surface area contributed by atoms with E-state index < -0.39 is 0 Å². The van der Waals surface area contributed by atoms with E-state index in [2.05, 4.69) is 191 Å². The Kier molecular flexibility index (Phi) is 6.43. The Morgan fingerprint density at radius 3 is 1.66 bits per heavy atom. The SMILES string of the molecule is c1ccc(N(c2cccc3c2C2(c4c-3cccc4-n3c4ccccc4c4ccccc43)C3CC4CC(C3)C2C4)c2cccc3c4ccccc4c4ccccc4c23)cc1. The summed E-state index contributed by atoms with van der Waals surface area (Å²) in [7, 11) is 0. The Balaban J connectivity index is 1.11. The summed E-state index contributed by atoms with van der Waals surface area (Å²) in [5.41, 5.74) is 13.6. The van der Waals surface area contributed by atoms with Gasteiger partial charge in [0.15, 0.2) is 0 Å². The van der Waals surface area contributed by atoms with Crippen molar-refractivity contribution in [2.24, 2.45) is 23.7 Å². The van der Waals surface area contributed by atoms with Crippen LogP contribution in [0.2, 0.25) is 0 Å². The summed E-state index contributed by atoms with van der Waals surface area (Å²) < 4.78 is 2.63. The van der Waals surface area contributed by atoms with Crippen molar-refractivity contribution in [1.82, 2.24) is 4.57 Å². The molecular formula is C57H42N2. The summed E-state index contributed by atoms with van der Waals surface area (Å²) in [4.78, 5) is 2.66. The number of hydrogen-bond acceptors (Lipinski definition) is 1. The van der Waals surface area contributed by atoms with Crippen molar-refractivity contribution in [2.45, 2.75) is 31.1 Å². The standard InChI is InChI=1S/C57H42N2/c1-2-15-38(16-3-1)58(51-28-12-23-45-41-18-5-4-17-39(41)40-19-6-7-22-44(40)54(45)51)52-29-13-24-46-47-25-14-30-53(59-49-26-10-8-20-42(49)43-21-9-11-27-50(43)59)56(47)57(55(46)52)37-32-35-31-36(34-37)48(57)33-35/h1-30,35-37,48H,31-34H2. The van der Waals surface area contributed by atoms with E-state index in [1.54, 1.807) is 11.1 Å². The molecule has 1 aromatic heterocycles.